The molecule has 8 rings (SSSR count). The van der Waals surface area contributed by atoms with Crippen molar-refractivity contribution in [3.05, 3.63) is 202 Å². The fourth-order valence-corrected chi connectivity index (χ4v) is 8.67. The van der Waals surface area contributed by atoms with Gasteiger partial charge in [0.05, 0.1) is 33.2 Å². The van der Waals surface area contributed by atoms with Gasteiger partial charge in [0.2, 0.25) is 11.8 Å². The molecule has 0 aliphatic heterocycles. The van der Waals surface area contributed by atoms with E-state index in [0.717, 1.165) is 9.79 Å². The molecule has 0 aliphatic carbocycles. The first-order valence-electron chi connectivity index (χ1n) is 20.2. The summed E-state index contributed by atoms with van der Waals surface area (Å²) in [6.45, 7) is 7.28. The Labute approximate surface area is 368 Å². The maximum Gasteiger partial charge on any atom is 0.280 e. The molecule has 8 aromatic rings. The van der Waals surface area contributed by atoms with Gasteiger partial charge in [-0.05, 0) is 86.6 Å². The molecule has 2 aromatic heterocycles. The number of anilines is 2. The summed E-state index contributed by atoms with van der Waals surface area (Å²) in [5.41, 5.74) is 1.98. The van der Waals surface area contributed by atoms with Crippen molar-refractivity contribution in [1.82, 2.24) is 19.3 Å². The van der Waals surface area contributed by atoms with E-state index in [1.165, 1.54) is 19.4 Å². The van der Waals surface area contributed by atoms with Crippen LogP contribution in [0.15, 0.2) is 189 Å². The van der Waals surface area contributed by atoms with Crippen LogP contribution in [0.3, 0.4) is 0 Å². The Balaban J connectivity index is 0.000000186. The van der Waals surface area contributed by atoms with Crippen LogP contribution in [-0.4, -0.2) is 42.6 Å². The van der Waals surface area contributed by atoms with Crippen LogP contribution in [0.1, 0.15) is 25.5 Å². The molecule has 62 heavy (non-hydrogen) atoms. The van der Waals surface area contributed by atoms with Crippen molar-refractivity contribution >= 4 is 68.5 Å². The Hall–Kier alpha value is -6.76. The number of hydrogen-bond acceptors (Lipinski definition) is 8. The fraction of sp³-hybridized carbons (Fsp3) is 0.160. The zero-order valence-corrected chi connectivity index (χ0v) is 36.5. The molecule has 0 spiro atoms. The molecule has 0 saturated heterocycles. The minimum absolute atomic E-state index is 0.156. The van der Waals surface area contributed by atoms with Crippen molar-refractivity contribution in [2.24, 2.45) is 11.8 Å². The Morgan fingerprint density at radius 2 is 0.790 bits per heavy atom. The zero-order valence-electron chi connectivity index (χ0n) is 34.9. The van der Waals surface area contributed by atoms with Gasteiger partial charge in [-0.2, -0.15) is 9.35 Å². The van der Waals surface area contributed by atoms with Gasteiger partial charge in [-0.3, -0.25) is 19.2 Å². The monoisotopic (exact) mass is 858 g/mol. The van der Waals surface area contributed by atoms with Crippen LogP contribution in [-0.2, 0) is 9.59 Å². The topological polar surface area (TPSA) is 110 Å². The van der Waals surface area contributed by atoms with Crippen molar-refractivity contribution in [2.75, 3.05) is 21.5 Å². The predicted octanol–water partition coefficient (Wildman–Crippen LogP) is 9.86. The van der Waals surface area contributed by atoms with Gasteiger partial charge in [-0.15, -0.1) is 23.5 Å². The third-order valence-corrected chi connectivity index (χ3v) is 12.5. The van der Waals surface area contributed by atoms with Crippen LogP contribution in [0.2, 0.25) is 0 Å². The Kier molecular flexibility index (Phi) is 14.1. The molecular weight excluding hydrogens is 813 g/mol. The van der Waals surface area contributed by atoms with Crippen molar-refractivity contribution in [1.29, 1.82) is 0 Å². The van der Waals surface area contributed by atoms with E-state index in [0.29, 0.717) is 56.3 Å². The largest absolute Gasteiger partial charge is 0.280 e. The fourth-order valence-electron chi connectivity index (χ4n) is 6.80. The Morgan fingerprint density at radius 1 is 0.484 bits per heavy atom. The van der Waals surface area contributed by atoms with Gasteiger partial charge < -0.3 is 0 Å². The van der Waals surface area contributed by atoms with Crippen LogP contribution in [0, 0.1) is 25.7 Å². The second-order valence-electron chi connectivity index (χ2n) is 14.6. The number of hydrogen-bond donors (Lipinski definition) is 0. The molecule has 0 bridgehead atoms. The molecule has 12 heteroatoms. The Morgan fingerprint density at radius 3 is 1.15 bits per heavy atom. The molecule has 0 saturated carbocycles. The summed E-state index contributed by atoms with van der Waals surface area (Å²) in [5.74, 6) is 1.18. The number of aryl methyl sites for hydroxylation is 2. The zero-order chi connectivity index (χ0) is 43.6. The van der Waals surface area contributed by atoms with Crippen LogP contribution < -0.4 is 21.1 Å². The average molecular weight is 859 g/mol. The number of thioether (sulfide) groups is 2. The lowest BCUT2D eigenvalue weighted by Gasteiger charge is -2.28. The van der Waals surface area contributed by atoms with Gasteiger partial charge >= 0.3 is 0 Å². The van der Waals surface area contributed by atoms with Gasteiger partial charge in [-0.25, -0.2) is 20.0 Å². The van der Waals surface area contributed by atoms with E-state index in [2.05, 4.69) is 9.97 Å². The number of nitrogens with zero attached hydrogens (tertiary/aromatic N) is 6. The van der Waals surface area contributed by atoms with Gasteiger partial charge in [0.1, 0.15) is 11.6 Å². The highest BCUT2D eigenvalue weighted by atomic mass is 32.2. The maximum atomic E-state index is 13.6. The summed E-state index contributed by atoms with van der Waals surface area (Å²) in [5, 5.41) is 3.89. The van der Waals surface area contributed by atoms with Crippen molar-refractivity contribution in [2.45, 2.75) is 37.5 Å². The lowest BCUT2D eigenvalue weighted by Crippen LogP contribution is -2.47. The summed E-state index contributed by atoms with van der Waals surface area (Å²) >= 11 is 3.25. The van der Waals surface area contributed by atoms with Crippen molar-refractivity contribution in [3.8, 4) is 0 Å². The predicted molar refractivity (Wildman–Crippen MR) is 253 cm³/mol. The van der Waals surface area contributed by atoms with Gasteiger partial charge in [-0.1, -0.05) is 111 Å². The van der Waals surface area contributed by atoms with Crippen LogP contribution in [0.5, 0.6) is 0 Å². The molecule has 0 radical (unpaired) electrons. The summed E-state index contributed by atoms with van der Waals surface area (Å²) in [6, 6.07) is 52.9. The first-order valence-corrected chi connectivity index (χ1v) is 22.2. The standard InChI is InChI=1S/2C25H23N3O2S/c2*1-18(17-31-21-13-7-4-8-14-21)24(29)28(20-11-5-3-6-12-20)27-19(2)26-23-16-10-9-15-22(23)25(27)30/h2*3-16,18H,17H2,1-2H3/t2*18-/m10/s1. The number of carbonyl (C=O) groups is 2. The normalized spacial score (nSPS) is 11.9. The number of aromatic nitrogens is 4. The molecule has 6 aromatic carbocycles. The molecule has 0 unspecified atom stereocenters. The third kappa shape index (κ3) is 9.88. The highest BCUT2D eigenvalue weighted by Crippen LogP contribution is 2.26. The molecule has 312 valence electrons. The quantitative estimate of drug-likeness (QED) is 0.112. The minimum Gasteiger partial charge on any atom is -0.272 e. The van der Waals surface area contributed by atoms with Gasteiger partial charge in [0.15, 0.2) is 0 Å². The number of amides is 2. The number of para-hydroxylation sites is 4. The molecular formula is C50H46N6O4S2. The highest BCUT2D eigenvalue weighted by Gasteiger charge is 2.28. The van der Waals surface area contributed by atoms with Crippen LogP contribution in [0.4, 0.5) is 11.4 Å². The highest BCUT2D eigenvalue weighted by molar-refractivity contribution is 7.99. The van der Waals surface area contributed by atoms with Gasteiger partial charge in [0.25, 0.3) is 11.1 Å². The van der Waals surface area contributed by atoms with Crippen LogP contribution >= 0.6 is 23.5 Å². The minimum atomic E-state index is -0.316. The number of carbonyl (C=O) groups excluding carboxylic acids is 2. The summed E-state index contributed by atoms with van der Waals surface area (Å²) in [7, 11) is 0. The van der Waals surface area contributed by atoms with E-state index in [-0.39, 0.29) is 34.8 Å². The number of rotatable bonds is 12. The maximum absolute atomic E-state index is 13.6. The lowest BCUT2D eigenvalue weighted by molar-refractivity contribution is -0.122. The molecule has 10 nitrogen and oxygen atoms in total. The molecule has 2 atom stereocenters. The second kappa shape index (κ2) is 20.2. The average Bonchev–Trinajstić information content (AvgIpc) is 3.31. The summed E-state index contributed by atoms with van der Waals surface area (Å²) in [4.78, 5) is 65.4. The molecule has 0 N–H and O–H groups in total. The first-order chi connectivity index (χ1) is 30.1. The third-order valence-electron chi connectivity index (χ3n) is 9.98. The van der Waals surface area contributed by atoms with E-state index in [4.69, 9.17) is 0 Å². The summed E-state index contributed by atoms with van der Waals surface area (Å²) < 4.78 is 2.79. The molecule has 0 fully saturated rings. The van der Waals surface area contributed by atoms with Crippen molar-refractivity contribution < 1.29 is 9.59 Å². The van der Waals surface area contributed by atoms with E-state index >= 15 is 0 Å². The van der Waals surface area contributed by atoms with E-state index in [9.17, 15) is 19.2 Å². The smallest absolute Gasteiger partial charge is 0.272 e. The number of fused-ring (bicyclic) bond motifs is 2. The van der Waals surface area contributed by atoms with Crippen LogP contribution in [0.25, 0.3) is 21.8 Å². The van der Waals surface area contributed by atoms with Crippen molar-refractivity contribution in [3.63, 3.8) is 0 Å². The number of benzene rings is 6. The summed E-state index contributed by atoms with van der Waals surface area (Å²) in [6.07, 6.45) is 0. The van der Waals surface area contributed by atoms with Gasteiger partial charge in [0, 0.05) is 33.1 Å². The lowest BCUT2D eigenvalue weighted by atomic mass is 10.2. The molecule has 2 heterocycles. The second-order valence-corrected chi connectivity index (χ2v) is 16.8. The SMILES string of the molecule is Cc1nc2ccccc2c(=O)n1N(C(=O)[C@@H](C)CSc1ccccc1)c1ccccc1.Cc1nc2ccccc2c(=O)n1N(C(=O)[C@H](C)CSc1ccccc1)c1ccccc1. The molecule has 0 aliphatic rings. The van der Waals surface area contributed by atoms with E-state index in [1.807, 2.05) is 159 Å². The van der Waals surface area contributed by atoms with E-state index < -0.39 is 0 Å². The molecule has 2 amide bonds. The van der Waals surface area contributed by atoms with E-state index in [1.54, 1.807) is 61.6 Å². The Bertz CT molecular complexity index is 2710. The first kappa shape index (κ1) is 43.3.